The minimum Gasteiger partial charge on any atom is -0.321 e. The van der Waals surface area contributed by atoms with Crippen LogP contribution < -0.4 is 15.8 Å². The molecule has 0 spiro atoms. The van der Waals surface area contributed by atoms with Crippen molar-refractivity contribution < 1.29 is 9.59 Å². The molecule has 1 aliphatic heterocycles. The van der Waals surface area contributed by atoms with Crippen LogP contribution in [0, 0.1) is 0 Å². The SMILES string of the molecule is O=C(Nc1ccccc1)c1ccc(=O)n(CC(=O)N2CCCc3ccccc32)n1. The number of carbonyl (C=O) groups is 2. The van der Waals surface area contributed by atoms with Crippen LogP contribution in [0.4, 0.5) is 11.4 Å². The van der Waals surface area contributed by atoms with Crippen molar-refractivity contribution in [2.75, 3.05) is 16.8 Å². The third kappa shape index (κ3) is 4.08. The second-order valence-corrected chi connectivity index (χ2v) is 6.81. The molecule has 0 bridgehead atoms. The zero-order valence-corrected chi connectivity index (χ0v) is 15.7. The predicted molar refractivity (Wildman–Crippen MR) is 110 cm³/mol. The van der Waals surface area contributed by atoms with Crippen LogP contribution >= 0.6 is 0 Å². The van der Waals surface area contributed by atoms with E-state index in [1.807, 2.05) is 30.3 Å². The molecule has 2 amide bonds. The molecule has 1 N–H and O–H groups in total. The summed E-state index contributed by atoms with van der Waals surface area (Å²) >= 11 is 0. The lowest BCUT2D eigenvalue weighted by Crippen LogP contribution is -2.40. The Hall–Kier alpha value is -3.74. The molecule has 0 radical (unpaired) electrons. The highest BCUT2D eigenvalue weighted by Gasteiger charge is 2.23. The Labute approximate surface area is 167 Å². The molecule has 29 heavy (non-hydrogen) atoms. The van der Waals surface area contributed by atoms with E-state index in [4.69, 9.17) is 0 Å². The third-order valence-corrected chi connectivity index (χ3v) is 4.83. The second-order valence-electron chi connectivity index (χ2n) is 6.81. The number of para-hydroxylation sites is 2. The van der Waals surface area contributed by atoms with E-state index in [0.29, 0.717) is 12.2 Å². The van der Waals surface area contributed by atoms with Gasteiger partial charge in [-0.15, -0.1) is 0 Å². The predicted octanol–water partition coefficient (Wildman–Crippen LogP) is 2.48. The van der Waals surface area contributed by atoms with Gasteiger partial charge in [-0.25, -0.2) is 4.68 Å². The Bertz CT molecular complexity index is 1110. The van der Waals surface area contributed by atoms with Gasteiger partial charge in [0.25, 0.3) is 11.5 Å². The standard InChI is InChI=1S/C22H20N4O3/c27-20-13-12-18(22(29)23-17-9-2-1-3-10-17)24-26(20)15-21(28)25-14-6-8-16-7-4-5-11-19(16)25/h1-5,7,9-13H,6,8,14-15H2,(H,23,29). The number of aromatic nitrogens is 2. The molecule has 0 aliphatic carbocycles. The van der Waals surface area contributed by atoms with Gasteiger partial charge in [0.2, 0.25) is 5.91 Å². The zero-order valence-electron chi connectivity index (χ0n) is 15.7. The van der Waals surface area contributed by atoms with E-state index >= 15 is 0 Å². The van der Waals surface area contributed by atoms with Crippen LogP contribution in [0.25, 0.3) is 0 Å². The van der Waals surface area contributed by atoms with Crippen LogP contribution in [0.3, 0.4) is 0 Å². The van der Waals surface area contributed by atoms with Crippen LogP contribution in [0.1, 0.15) is 22.5 Å². The summed E-state index contributed by atoms with van der Waals surface area (Å²) in [6.07, 6.45) is 1.79. The molecule has 7 heteroatoms. The number of benzene rings is 2. The van der Waals surface area contributed by atoms with Gasteiger partial charge in [-0.2, -0.15) is 5.10 Å². The number of amides is 2. The minimum atomic E-state index is -0.444. The smallest absolute Gasteiger partial charge is 0.276 e. The van der Waals surface area contributed by atoms with Crippen molar-refractivity contribution in [3.63, 3.8) is 0 Å². The van der Waals surface area contributed by atoms with E-state index in [1.54, 1.807) is 29.2 Å². The van der Waals surface area contributed by atoms with E-state index < -0.39 is 11.5 Å². The Kier molecular flexibility index (Phi) is 5.20. The molecule has 0 saturated carbocycles. The number of hydrogen-bond acceptors (Lipinski definition) is 4. The van der Waals surface area contributed by atoms with Crippen LogP contribution in [0.5, 0.6) is 0 Å². The fourth-order valence-corrected chi connectivity index (χ4v) is 3.41. The summed E-state index contributed by atoms with van der Waals surface area (Å²) in [6, 6.07) is 19.3. The van der Waals surface area contributed by atoms with E-state index in [0.717, 1.165) is 28.8 Å². The van der Waals surface area contributed by atoms with E-state index in [2.05, 4.69) is 10.4 Å². The molecule has 7 nitrogen and oxygen atoms in total. The normalized spacial score (nSPS) is 12.9. The van der Waals surface area contributed by atoms with Gasteiger partial charge in [0, 0.05) is 24.0 Å². The number of aryl methyl sites for hydroxylation is 1. The number of carbonyl (C=O) groups excluding carboxylic acids is 2. The quantitative estimate of drug-likeness (QED) is 0.744. The Morgan fingerprint density at radius 3 is 2.55 bits per heavy atom. The summed E-state index contributed by atoms with van der Waals surface area (Å²) < 4.78 is 1.04. The molecule has 4 rings (SSSR count). The first-order valence-electron chi connectivity index (χ1n) is 9.45. The number of fused-ring (bicyclic) bond motifs is 1. The maximum absolute atomic E-state index is 12.9. The Morgan fingerprint density at radius 1 is 0.966 bits per heavy atom. The molecular formula is C22H20N4O3. The van der Waals surface area contributed by atoms with Crippen LogP contribution in [0.2, 0.25) is 0 Å². The van der Waals surface area contributed by atoms with Crippen molar-refractivity contribution in [3.05, 3.63) is 88.3 Å². The molecule has 0 unspecified atom stereocenters. The molecule has 0 atom stereocenters. The number of nitrogens with one attached hydrogen (secondary N) is 1. The van der Waals surface area contributed by atoms with Crippen molar-refractivity contribution in [1.82, 2.24) is 9.78 Å². The molecule has 3 aromatic rings. The fraction of sp³-hybridized carbons (Fsp3) is 0.182. The molecule has 146 valence electrons. The first-order chi connectivity index (χ1) is 14.1. The van der Waals surface area contributed by atoms with Gasteiger partial charge < -0.3 is 10.2 Å². The first kappa shape index (κ1) is 18.6. The Morgan fingerprint density at radius 2 is 1.72 bits per heavy atom. The number of hydrogen-bond donors (Lipinski definition) is 1. The average molecular weight is 388 g/mol. The number of rotatable bonds is 4. The van der Waals surface area contributed by atoms with Gasteiger partial charge >= 0.3 is 0 Å². The highest BCUT2D eigenvalue weighted by Crippen LogP contribution is 2.26. The first-order valence-corrected chi connectivity index (χ1v) is 9.45. The lowest BCUT2D eigenvalue weighted by molar-refractivity contribution is -0.119. The van der Waals surface area contributed by atoms with Crippen molar-refractivity contribution in [2.45, 2.75) is 19.4 Å². The van der Waals surface area contributed by atoms with Gasteiger partial charge in [0.1, 0.15) is 12.2 Å². The summed E-state index contributed by atoms with van der Waals surface area (Å²) in [5.74, 6) is -0.673. The van der Waals surface area contributed by atoms with E-state index in [1.165, 1.54) is 12.1 Å². The minimum absolute atomic E-state index is 0.0697. The van der Waals surface area contributed by atoms with Gasteiger partial charge in [-0.1, -0.05) is 36.4 Å². The van der Waals surface area contributed by atoms with Crippen LogP contribution in [-0.4, -0.2) is 28.1 Å². The average Bonchev–Trinajstić information content (AvgIpc) is 2.75. The topological polar surface area (TPSA) is 84.3 Å². The molecule has 2 heterocycles. The highest BCUT2D eigenvalue weighted by molar-refractivity contribution is 6.02. The summed E-state index contributed by atoms with van der Waals surface area (Å²) in [4.78, 5) is 39.2. The van der Waals surface area contributed by atoms with E-state index in [9.17, 15) is 14.4 Å². The third-order valence-electron chi connectivity index (χ3n) is 4.83. The van der Waals surface area contributed by atoms with Gasteiger partial charge in [-0.3, -0.25) is 14.4 Å². The molecule has 1 aromatic heterocycles. The Balaban J connectivity index is 1.54. The summed E-state index contributed by atoms with van der Waals surface area (Å²) in [6.45, 7) is 0.373. The van der Waals surface area contributed by atoms with Crippen molar-refractivity contribution >= 4 is 23.2 Å². The summed E-state index contributed by atoms with van der Waals surface area (Å²) in [5, 5.41) is 6.83. The zero-order chi connectivity index (χ0) is 20.2. The van der Waals surface area contributed by atoms with Crippen molar-refractivity contribution in [2.24, 2.45) is 0 Å². The molecule has 1 aliphatic rings. The van der Waals surface area contributed by atoms with Gasteiger partial charge in [-0.05, 0) is 42.7 Å². The lowest BCUT2D eigenvalue weighted by atomic mass is 10.0. The van der Waals surface area contributed by atoms with E-state index in [-0.39, 0.29) is 18.1 Å². The maximum atomic E-state index is 12.9. The van der Waals surface area contributed by atoms with Crippen molar-refractivity contribution in [3.8, 4) is 0 Å². The molecule has 0 fully saturated rings. The monoisotopic (exact) mass is 388 g/mol. The summed E-state index contributed by atoms with van der Waals surface area (Å²) in [5.41, 5.74) is 2.25. The molecule has 2 aromatic carbocycles. The lowest BCUT2D eigenvalue weighted by Gasteiger charge is -2.29. The molecular weight excluding hydrogens is 368 g/mol. The maximum Gasteiger partial charge on any atom is 0.276 e. The van der Waals surface area contributed by atoms with Gasteiger partial charge in [0.15, 0.2) is 0 Å². The largest absolute Gasteiger partial charge is 0.321 e. The summed E-state index contributed by atoms with van der Waals surface area (Å²) in [7, 11) is 0. The molecule has 0 saturated heterocycles. The number of anilines is 2. The van der Waals surface area contributed by atoms with Crippen LogP contribution in [0.15, 0.2) is 71.5 Å². The highest BCUT2D eigenvalue weighted by atomic mass is 16.2. The fourth-order valence-electron chi connectivity index (χ4n) is 3.41. The second kappa shape index (κ2) is 8.10. The van der Waals surface area contributed by atoms with Gasteiger partial charge in [0.05, 0.1) is 0 Å². The van der Waals surface area contributed by atoms with Crippen LogP contribution in [-0.2, 0) is 17.8 Å². The van der Waals surface area contributed by atoms with Crippen molar-refractivity contribution in [1.29, 1.82) is 0 Å². The number of nitrogens with zero attached hydrogens (tertiary/aromatic N) is 3.